The van der Waals surface area contributed by atoms with Crippen molar-refractivity contribution < 1.29 is 4.79 Å². The molecule has 2 fully saturated rings. The van der Waals surface area contributed by atoms with Crippen LogP contribution in [0.15, 0.2) is 24.7 Å². The lowest BCUT2D eigenvalue weighted by atomic mass is 9.92. The van der Waals surface area contributed by atoms with E-state index in [0.717, 1.165) is 49.6 Å². The monoisotopic (exact) mass is 441 g/mol. The van der Waals surface area contributed by atoms with Crippen LogP contribution in [0.1, 0.15) is 57.1 Å². The van der Waals surface area contributed by atoms with E-state index in [2.05, 4.69) is 20.6 Å². The Labute approximate surface area is 189 Å². The molecule has 0 amide bonds. The number of Topliss-reactive ketones (excluding diaryl/α,β-unsaturated/α-hetero) is 1. The number of rotatable bonds is 7. The van der Waals surface area contributed by atoms with Gasteiger partial charge in [0.25, 0.3) is 0 Å². The summed E-state index contributed by atoms with van der Waals surface area (Å²) in [5.74, 6) is 1.77. The van der Waals surface area contributed by atoms with Gasteiger partial charge in [-0.25, -0.2) is 4.98 Å². The lowest BCUT2D eigenvalue weighted by Gasteiger charge is -2.21. The molecule has 0 bridgehead atoms. The quantitative estimate of drug-likeness (QED) is 0.607. The van der Waals surface area contributed by atoms with Crippen molar-refractivity contribution in [3.8, 4) is 11.3 Å². The number of carbonyl (C=O) groups is 1. The Morgan fingerprint density at radius 3 is 2.71 bits per heavy atom. The highest BCUT2D eigenvalue weighted by Crippen LogP contribution is 2.28. The van der Waals surface area contributed by atoms with Gasteiger partial charge in [-0.15, -0.1) is 0 Å². The van der Waals surface area contributed by atoms with Crippen LogP contribution in [0.5, 0.6) is 0 Å². The highest BCUT2D eigenvalue weighted by atomic mass is 35.5. The summed E-state index contributed by atoms with van der Waals surface area (Å²) in [7, 11) is 0. The molecule has 2 aliphatic rings. The van der Waals surface area contributed by atoms with Gasteiger partial charge in [0.15, 0.2) is 0 Å². The summed E-state index contributed by atoms with van der Waals surface area (Å²) >= 11 is 6.44. The van der Waals surface area contributed by atoms with E-state index < -0.39 is 0 Å². The zero-order chi connectivity index (χ0) is 21.5. The Hall–Kier alpha value is -2.05. The van der Waals surface area contributed by atoms with Crippen LogP contribution >= 0.6 is 11.6 Å². The van der Waals surface area contributed by atoms with Crippen molar-refractivity contribution >= 4 is 23.2 Å². The molecule has 3 heterocycles. The van der Waals surface area contributed by atoms with Gasteiger partial charge in [0.05, 0.1) is 23.1 Å². The lowest BCUT2D eigenvalue weighted by Crippen LogP contribution is -2.35. The first-order valence-electron chi connectivity index (χ1n) is 11.6. The second-order valence-corrected chi connectivity index (χ2v) is 9.28. The third kappa shape index (κ3) is 6.23. The van der Waals surface area contributed by atoms with E-state index in [1.807, 2.05) is 6.07 Å². The molecule has 7 heteroatoms. The summed E-state index contributed by atoms with van der Waals surface area (Å²) in [6.07, 6.45) is 15.3. The number of halogens is 1. The third-order valence-corrected chi connectivity index (χ3v) is 6.78. The Morgan fingerprint density at radius 2 is 1.94 bits per heavy atom. The highest BCUT2D eigenvalue weighted by molar-refractivity contribution is 6.33. The van der Waals surface area contributed by atoms with E-state index in [-0.39, 0.29) is 11.7 Å². The van der Waals surface area contributed by atoms with Crippen molar-refractivity contribution in [2.24, 2.45) is 11.8 Å². The van der Waals surface area contributed by atoms with Gasteiger partial charge in [0.1, 0.15) is 11.6 Å². The molecular weight excluding hydrogens is 410 g/mol. The second kappa shape index (κ2) is 11.0. The van der Waals surface area contributed by atoms with Gasteiger partial charge in [-0.3, -0.25) is 14.8 Å². The fourth-order valence-electron chi connectivity index (χ4n) is 4.62. The first-order chi connectivity index (χ1) is 15.2. The first kappa shape index (κ1) is 22.2. The molecule has 0 spiro atoms. The van der Waals surface area contributed by atoms with Crippen molar-refractivity contribution in [3.63, 3.8) is 0 Å². The summed E-state index contributed by atoms with van der Waals surface area (Å²) in [6, 6.07) is 1.88. The van der Waals surface area contributed by atoms with Gasteiger partial charge in [0, 0.05) is 42.9 Å². The van der Waals surface area contributed by atoms with Crippen LogP contribution in [-0.4, -0.2) is 40.4 Å². The molecule has 1 atom stereocenters. The molecule has 1 saturated heterocycles. The van der Waals surface area contributed by atoms with Crippen molar-refractivity contribution in [2.45, 2.75) is 57.8 Å². The maximum Gasteiger partial charge on any atom is 0.145 e. The molecular formula is C24H32ClN5O. The standard InChI is InChI=1S/C24H32ClN5O/c25-21-14-28-19(11-23(31)18-8-5-9-26-13-18)10-20(21)22-15-27-16-24(30-22)29-12-17-6-3-1-2-4-7-17/h10,14-18,26H,1-9,11-13H2,(H,29,30)/t18-/m1/s1. The van der Waals surface area contributed by atoms with E-state index in [1.54, 1.807) is 18.6 Å². The number of pyridine rings is 1. The molecule has 6 nitrogen and oxygen atoms in total. The number of piperidine rings is 1. The van der Waals surface area contributed by atoms with E-state index >= 15 is 0 Å². The van der Waals surface area contributed by atoms with E-state index in [4.69, 9.17) is 16.6 Å². The number of carbonyl (C=O) groups excluding carboxylic acids is 1. The summed E-state index contributed by atoms with van der Waals surface area (Å²) in [5, 5.41) is 7.29. The maximum absolute atomic E-state index is 12.7. The van der Waals surface area contributed by atoms with Crippen LogP contribution in [-0.2, 0) is 11.2 Å². The third-order valence-electron chi connectivity index (χ3n) is 6.48. The SMILES string of the molecule is O=C(Cc1cc(-c2cncc(NCC3CCCCCC3)n2)c(Cl)cn1)[C@@H]1CCCNC1. The zero-order valence-electron chi connectivity index (χ0n) is 18.1. The molecule has 4 rings (SSSR count). The van der Waals surface area contributed by atoms with Gasteiger partial charge in [0.2, 0.25) is 0 Å². The molecule has 31 heavy (non-hydrogen) atoms. The topological polar surface area (TPSA) is 79.8 Å². The van der Waals surface area contributed by atoms with Crippen molar-refractivity contribution in [1.82, 2.24) is 20.3 Å². The number of nitrogens with zero attached hydrogens (tertiary/aromatic N) is 3. The van der Waals surface area contributed by atoms with Crippen LogP contribution in [0.25, 0.3) is 11.3 Å². The molecule has 2 N–H and O–H groups in total. The van der Waals surface area contributed by atoms with Crippen molar-refractivity contribution in [3.05, 3.63) is 35.4 Å². The Balaban J connectivity index is 1.44. The van der Waals surface area contributed by atoms with Crippen LogP contribution < -0.4 is 10.6 Å². The molecule has 0 aromatic carbocycles. The number of ketones is 1. The molecule has 2 aromatic rings. The summed E-state index contributed by atoms with van der Waals surface area (Å²) in [6.45, 7) is 2.69. The van der Waals surface area contributed by atoms with Crippen LogP contribution in [0.3, 0.4) is 0 Å². The summed E-state index contributed by atoms with van der Waals surface area (Å²) in [5.41, 5.74) is 2.20. The van der Waals surface area contributed by atoms with Gasteiger partial charge in [-0.1, -0.05) is 37.3 Å². The highest BCUT2D eigenvalue weighted by Gasteiger charge is 2.22. The average molecular weight is 442 g/mol. The maximum atomic E-state index is 12.7. The molecule has 2 aromatic heterocycles. The van der Waals surface area contributed by atoms with Gasteiger partial charge in [-0.2, -0.15) is 0 Å². The van der Waals surface area contributed by atoms with E-state index in [9.17, 15) is 4.79 Å². The lowest BCUT2D eigenvalue weighted by molar-refractivity contribution is -0.122. The van der Waals surface area contributed by atoms with Gasteiger partial charge >= 0.3 is 0 Å². The zero-order valence-corrected chi connectivity index (χ0v) is 18.8. The molecule has 1 aliphatic heterocycles. The van der Waals surface area contributed by atoms with Crippen LogP contribution in [0.4, 0.5) is 5.82 Å². The molecule has 1 saturated carbocycles. The fraction of sp³-hybridized carbons (Fsp3) is 0.583. The number of anilines is 1. The van der Waals surface area contributed by atoms with Crippen LogP contribution in [0.2, 0.25) is 5.02 Å². The summed E-state index contributed by atoms with van der Waals surface area (Å²) < 4.78 is 0. The largest absolute Gasteiger partial charge is 0.368 e. The van der Waals surface area contributed by atoms with Crippen LogP contribution in [0, 0.1) is 11.8 Å². The number of hydrogen-bond acceptors (Lipinski definition) is 6. The minimum absolute atomic E-state index is 0.0750. The summed E-state index contributed by atoms with van der Waals surface area (Å²) in [4.78, 5) is 26.2. The Bertz CT molecular complexity index is 876. The number of nitrogens with one attached hydrogen (secondary N) is 2. The molecule has 1 aliphatic carbocycles. The number of aromatic nitrogens is 3. The smallest absolute Gasteiger partial charge is 0.145 e. The minimum atomic E-state index is 0.0750. The van der Waals surface area contributed by atoms with E-state index in [0.29, 0.717) is 23.1 Å². The molecule has 0 radical (unpaired) electrons. The minimum Gasteiger partial charge on any atom is -0.368 e. The predicted molar refractivity (Wildman–Crippen MR) is 124 cm³/mol. The Morgan fingerprint density at radius 1 is 1.10 bits per heavy atom. The second-order valence-electron chi connectivity index (χ2n) is 8.87. The normalized spacial score (nSPS) is 20.2. The van der Waals surface area contributed by atoms with Gasteiger partial charge in [-0.05, 0) is 44.2 Å². The van der Waals surface area contributed by atoms with Crippen molar-refractivity contribution in [2.75, 3.05) is 25.0 Å². The average Bonchev–Trinajstić information content (AvgIpc) is 3.09. The first-order valence-corrected chi connectivity index (χ1v) is 12.0. The molecule has 0 unspecified atom stereocenters. The molecule has 166 valence electrons. The number of hydrogen-bond donors (Lipinski definition) is 2. The van der Waals surface area contributed by atoms with Crippen molar-refractivity contribution in [1.29, 1.82) is 0 Å². The Kier molecular flexibility index (Phi) is 7.86. The fourth-order valence-corrected chi connectivity index (χ4v) is 4.82. The van der Waals surface area contributed by atoms with Gasteiger partial charge < -0.3 is 10.6 Å². The predicted octanol–water partition coefficient (Wildman–Crippen LogP) is 4.69. The van der Waals surface area contributed by atoms with E-state index in [1.165, 1.54) is 38.5 Å².